The summed E-state index contributed by atoms with van der Waals surface area (Å²) >= 11 is 0. The minimum Gasteiger partial charge on any atom is -0.303 e. The number of hydroxylamine groups is 2. The van der Waals surface area contributed by atoms with Crippen molar-refractivity contribution in [1.29, 1.82) is 0 Å². The first-order chi connectivity index (χ1) is 4.16. The highest BCUT2D eigenvalue weighted by molar-refractivity contribution is 4.45. The molecule has 0 radical (unpaired) electrons. The van der Waals surface area contributed by atoms with Gasteiger partial charge in [0, 0.05) is 13.6 Å². The molecule has 0 aliphatic heterocycles. The average Bonchev–Trinajstić information content (AvgIpc) is 1.83. The van der Waals surface area contributed by atoms with Gasteiger partial charge in [-0.1, -0.05) is 13.8 Å². The van der Waals surface area contributed by atoms with Crippen molar-refractivity contribution in [2.45, 2.75) is 20.3 Å². The summed E-state index contributed by atoms with van der Waals surface area (Å²) < 4.78 is 0. The Hall–Kier alpha value is -0.0800. The maximum absolute atomic E-state index is 4.93. The number of hydrogen-bond donors (Lipinski definition) is 0. The Bertz CT molecular complexity index is 63.9. The smallest absolute Gasteiger partial charge is 0.0575 e. The molecule has 0 amide bonds. The van der Waals surface area contributed by atoms with E-state index in [1.54, 1.807) is 7.11 Å². The number of rotatable bonds is 4. The third kappa shape index (κ3) is 5.80. The van der Waals surface area contributed by atoms with Gasteiger partial charge in [-0.05, 0) is 12.3 Å². The Kier molecular flexibility index (Phi) is 4.72. The topological polar surface area (TPSA) is 12.5 Å². The molecule has 0 unspecified atom stereocenters. The van der Waals surface area contributed by atoms with Crippen molar-refractivity contribution in [2.24, 2.45) is 5.92 Å². The van der Waals surface area contributed by atoms with Crippen molar-refractivity contribution in [2.75, 3.05) is 20.7 Å². The lowest BCUT2D eigenvalue weighted by Crippen LogP contribution is -2.18. The van der Waals surface area contributed by atoms with Crippen LogP contribution in [-0.2, 0) is 4.84 Å². The molecular weight excluding hydrogens is 114 g/mol. The number of nitrogens with zero attached hydrogens (tertiary/aromatic N) is 1. The van der Waals surface area contributed by atoms with E-state index in [2.05, 4.69) is 13.8 Å². The van der Waals surface area contributed by atoms with Crippen molar-refractivity contribution < 1.29 is 4.84 Å². The van der Waals surface area contributed by atoms with Gasteiger partial charge in [-0.2, -0.15) is 5.06 Å². The molecule has 0 atom stereocenters. The van der Waals surface area contributed by atoms with E-state index in [9.17, 15) is 0 Å². The van der Waals surface area contributed by atoms with Gasteiger partial charge in [-0.25, -0.2) is 0 Å². The largest absolute Gasteiger partial charge is 0.303 e. The van der Waals surface area contributed by atoms with Gasteiger partial charge in [-0.15, -0.1) is 0 Å². The van der Waals surface area contributed by atoms with Crippen LogP contribution in [0.3, 0.4) is 0 Å². The fourth-order valence-corrected chi connectivity index (χ4v) is 0.531. The van der Waals surface area contributed by atoms with Crippen LogP contribution in [0.4, 0.5) is 0 Å². The molecule has 0 aromatic rings. The molecule has 0 aromatic heterocycles. The van der Waals surface area contributed by atoms with Crippen LogP contribution in [0.1, 0.15) is 20.3 Å². The summed E-state index contributed by atoms with van der Waals surface area (Å²) in [6, 6.07) is 0. The molecule has 0 bridgehead atoms. The van der Waals surface area contributed by atoms with E-state index >= 15 is 0 Å². The zero-order valence-corrected chi connectivity index (χ0v) is 6.85. The summed E-state index contributed by atoms with van der Waals surface area (Å²) in [6.45, 7) is 5.45. The van der Waals surface area contributed by atoms with Crippen LogP contribution in [0.2, 0.25) is 0 Å². The average molecular weight is 131 g/mol. The second-order valence-electron chi connectivity index (χ2n) is 2.72. The maximum Gasteiger partial charge on any atom is 0.0575 e. The molecule has 0 aromatic carbocycles. The van der Waals surface area contributed by atoms with Crippen LogP contribution < -0.4 is 0 Å². The molecule has 2 heteroatoms. The zero-order chi connectivity index (χ0) is 7.28. The Labute approximate surface area is 57.8 Å². The Morgan fingerprint density at radius 2 is 2.00 bits per heavy atom. The Morgan fingerprint density at radius 1 is 1.44 bits per heavy atom. The lowest BCUT2D eigenvalue weighted by Gasteiger charge is -2.13. The second kappa shape index (κ2) is 4.77. The molecule has 56 valence electrons. The minimum atomic E-state index is 0.766. The van der Waals surface area contributed by atoms with E-state index in [1.165, 1.54) is 6.42 Å². The third-order valence-corrected chi connectivity index (χ3v) is 1.33. The van der Waals surface area contributed by atoms with Crippen LogP contribution in [-0.4, -0.2) is 25.8 Å². The first kappa shape index (κ1) is 8.92. The molecule has 0 rings (SSSR count). The lowest BCUT2D eigenvalue weighted by molar-refractivity contribution is -0.110. The van der Waals surface area contributed by atoms with E-state index in [0.29, 0.717) is 0 Å². The van der Waals surface area contributed by atoms with Gasteiger partial charge in [0.2, 0.25) is 0 Å². The van der Waals surface area contributed by atoms with Crippen LogP contribution in [0.5, 0.6) is 0 Å². The van der Waals surface area contributed by atoms with Gasteiger partial charge in [0.25, 0.3) is 0 Å². The predicted molar refractivity (Wildman–Crippen MR) is 39.1 cm³/mol. The van der Waals surface area contributed by atoms with E-state index in [-0.39, 0.29) is 0 Å². The molecule has 0 fully saturated rings. The molecule has 0 spiro atoms. The highest BCUT2D eigenvalue weighted by Crippen LogP contribution is 1.99. The fraction of sp³-hybridized carbons (Fsp3) is 1.00. The standard InChI is InChI=1S/C7H17NO/c1-7(2)5-6-8(3)9-4/h7H,5-6H2,1-4H3. The van der Waals surface area contributed by atoms with E-state index < -0.39 is 0 Å². The van der Waals surface area contributed by atoms with Crippen LogP contribution in [0.25, 0.3) is 0 Å². The van der Waals surface area contributed by atoms with E-state index in [1.807, 2.05) is 12.1 Å². The summed E-state index contributed by atoms with van der Waals surface area (Å²) in [5.74, 6) is 0.766. The highest BCUT2D eigenvalue weighted by atomic mass is 16.7. The summed E-state index contributed by atoms with van der Waals surface area (Å²) in [6.07, 6.45) is 1.20. The fourth-order valence-electron chi connectivity index (χ4n) is 0.531. The van der Waals surface area contributed by atoms with Crippen molar-refractivity contribution in [3.63, 3.8) is 0 Å². The molecular formula is C7H17NO. The van der Waals surface area contributed by atoms with E-state index in [0.717, 1.165) is 12.5 Å². The highest BCUT2D eigenvalue weighted by Gasteiger charge is 1.96. The summed E-state index contributed by atoms with van der Waals surface area (Å²) in [5, 5.41) is 1.85. The molecule has 2 nitrogen and oxygen atoms in total. The molecule has 0 aliphatic carbocycles. The molecule has 0 saturated heterocycles. The second-order valence-corrected chi connectivity index (χ2v) is 2.72. The molecule has 9 heavy (non-hydrogen) atoms. The Morgan fingerprint density at radius 3 is 2.33 bits per heavy atom. The summed E-state index contributed by atoms with van der Waals surface area (Å²) in [7, 11) is 3.64. The first-order valence-corrected chi connectivity index (χ1v) is 3.42. The van der Waals surface area contributed by atoms with Gasteiger partial charge in [-0.3, -0.25) is 0 Å². The van der Waals surface area contributed by atoms with Gasteiger partial charge in [0.1, 0.15) is 0 Å². The van der Waals surface area contributed by atoms with E-state index in [4.69, 9.17) is 4.84 Å². The van der Waals surface area contributed by atoms with Gasteiger partial charge < -0.3 is 4.84 Å². The summed E-state index contributed by atoms with van der Waals surface area (Å²) in [5.41, 5.74) is 0. The quantitative estimate of drug-likeness (QED) is 0.536. The summed E-state index contributed by atoms with van der Waals surface area (Å²) in [4.78, 5) is 4.93. The van der Waals surface area contributed by atoms with Crippen molar-refractivity contribution in [3.05, 3.63) is 0 Å². The van der Waals surface area contributed by atoms with Crippen LogP contribution in [0.15, 0.2) is 0 Å². The van der Waals surface area contributed by atoms with Gasteiger partial charge in [0.05, 0.1) is 7.11 Å². The van der Waals surface area contributed by atoms with Crippen molar-refractivity contribution in [1.82, 2.24) is 5.06 Å². The van der Waals surface area contributed by atoms with Crippen LogP contribution >= 0.6 is 0 Å². The van der Waals surface area contributed by atoms with Gasteiger partial charge in [0.15, 0.2) is 0 Å². The van der Waals surface area contributed by atoms with Crippen molar-refractivity contribution >= 4 is 0 Å². The zero-order valence-electron chi connectivity index (χ0n) is 6.85. The number of hydrogen-bond acceptors (Lipinski definition) is 2. The first-order valence-electron chi connectivity index (χ1n) is 3.42. The molecule has 0 aliphatic rings. The Balaban J connectivity index is 3.06. The SMILES string of the molecule is CON(C)CCC(C)C. The predicted octanol–water partition coefficient (Wildman–Crippen LogP) is 1.53. The normalized spacial score (nSPS) is 11.3. The van der Waals surface area contributed by atoms with Crippen LogP contribution in [0, 0.1) is 5.92 Å². The van der Waals surface area contributed by atoms with Gasteiger partial charge >= 0.3 is 0 Å². The third-order valence-electron chi connectivity index (χ3n) is 1.33. The van der Waals surface area contributed by atoms with Crippen molar-refractivity contribution in [3.8, 4) is 0 Å². The maximum atomic E-state index is 4.93. The molecule has 0 heterocycles. The molecule has 0 N–H and O–H groups in total. The lowest BCUT2D eigenvalue weighted by atomic mass is 10.1. The minimum absolute atomic E-state index is 0.766. The monoisotopic (exact) mass is 131 g/mol. The molecule has 0 saturated carbocycles.